The van der Waals surface area contributed by atoms with Gasteiger partial charge in [-0.2, -0.15) is 0 Å². The molecular weight excluding hydrogens is 383 g/mol. The Morgan fingerprint density at radius 1 is 0.613 bits per heavy atom. The predicted octanol–water partition coefficient (Wildman–Crippen LogP) is 6.35. The predicted molar refractivity (Wildman–Crippen MR) is 126 cm³/mol. The van der Waals surface area contributed by atoms with Gasteiger partial charge < -0.3 is 4.74 Å². The van der Waals surface area contributed by atoms with E-state index in [1.165, 1.54) is 22.8 Å². The van der Waals surface area contributed by atoms with Crippen LogP contribution < -0.4 is 0 Å². The molecule has 0 aliphatic heterocycles. The van der Waals surface area contributed by atoms with E-state index in [2.05, 4.69) is 60.4 Å². The first-order valence-corrected chi connectivity index (χ1v) is 10.6. The van der Waals surface area contributed by atoms with E-state index >= 15 is 0 Å². The Kier molecular flexibility index (Phi) is 6.77. The highest BCUT2D eigenvalue weighted by Crippen LogP contribution is 2.17. The zero-order valence-corrected chi connectivity index (χ0v) is 17.7. The Balaban J connectivity index is 1.36. The fourth-order valence-corrected chi connectivity index (χ4v) is 3.57. The van der Waals surface area contributed by atoms with Crippen LogP contribution in [0.1, 0.15) is 27.8 Å². The number of aryl methyl sites for hydroxylation is 2. The van der Waals surface area contributed by atoms with E-state index in [1.54, 1.807) is 19.2 Å². The van der Waals surface area contributed by atoms with E-state index in [0.29, 0.717) is 0 Å². The van der Waals surface area contributed by atoms with Crippen molar-refractivity contribution in [2.45, 2.75) is 19.3 Å². The van der Waals surface area contributed by atoms with Gasteiger partial charge in [0.2, 0.25) is 0 Å². The lowest BCUT2D eigenvalue weighted by atomic mass is 10.0. The van der Waals surface area contributed by atoms with E-state index in [1.807, 2.05) is 18.2 Å². The third kappa shape index (κ3) is 5.81. The molecule has 154 valence electrons. The van der Waals surface area contributed by atoms with Crippen molar-refractivity contribution >= 4 is 10.8 Å². The SMILES string of the molecule is COCCc1ccc(CCc2ccc(C#Cc3ccc4cc(F)ccc4c3)cc2)cc1. The Morgan fingerprint density at radius 3 is 1.81 bits per heavy atom. The molecule has 31 heavy (non-hydrogen) atoms. The molecule has 2 heteroatoms. The first-order chi connectivity index (χ1) is 15.2. The van der Waals surface area contributed by atoms with Gasteiger partial charge in [0, 0.05) is 18.2 Å². The molecule has 0 aliphatic carbocycles. The molecule has 0 saturated heterocycles. The lowest BCUT2D eigenvalue weighted by Crippen LogP contribution is -1.95. The molecule has 0 aromatic heterocycles. The van der Waals surface area contributed by atoms with Gasteiger partial charge in [0.05, 0.1) is 6.61 Å². The standard InChI is InChI=1S/C29H25FO/c1-31-19-18-25-10-8-23(9-11-25)3-2-22-4-6-24(7-5-22)12-13-26-14-15-28-21-29(30)17-16-27(28)20-26/h4-11,14-17,20-21H,2-3,18-19H2,1H3. The zero-order valence-electron chi connectivity index (χ0n) is 17.7. The number of fused-ring (bicyclic) bond motifs is 1. The largest absolute Gasteiger partial charge is 0.384 e. The number of benzene rings is 4. The molecule has 0 fully saturated rings. The smallest absolute Gasteiger partial charge is 0.123 e. The van der Waals surface area contributed by atoms with Crippen molar-refractivity contribution in [2.24, 2.45) is 0 Å². The molecule has 0 amide bonds. The van der Waals surface area contributed by atoms with E-state index in [4.69, 9.17) is 4.74 Å². The van der Waals surface area contributed by atoms with E-state index in [-0.39, 0.29) is 5.82 Å². The van der Waals surface area contributed by atoms with Crippen molar-refractivity contribution < 1.29 is 9.13 Å². The highest BCUT2D eigenvalue weighted by molar-refractivity contribution is 5.83. The molecule has 0 heterocycles. The van der Waals surface area contributed by atoms with Gasteiger partial charge in [-0.25, -0.2) is 4.39 Å². The summed E-state index contributed by atoms with van der Waals surface area (Å²) in [7, 11) is 1.73. The molecule has 4 rings (SSSR count). The van der Waals surface area contributed by atoms with Crippen LogP contribution in [0.25, 0.3) is 10.8 Å². The quantitative estimate of drug-likeness (QED) is 0.338. The van der Waals surface area contributed by atoms with Gasteiger partial charge in [0.15, 0.2) is 0 Å². The fraction of sp³-hybridized carbons (Fsp3) is 0.172. The molecule has 0 radical (unpaired) electrons. The molecule has 0 saturated carbocycles. The lowest BCUT2D eigenvalue weighted by Gasteiger charge is -2.05. The Bertz CT molecular complexity index is 1210. The first-order valence-electron chi connectivity index (χ1n) is 10.6. The summed E-state index contributed by atoms with van der Waals surface area (Å²) in [5.41, 5.74) is 5.89. The molecule has 4 aromatic carbocycles. The number of halogens is 1. The van der Waals surface area contributed by atoms with Crippen molar-refractivity contribution in [2.75, 3.05) is 13.7 Å². The summed E-state index contributed by atoms with van der Waals surface area (Å²) in [6.07, 6.45) is 2.98. The summed E-state index contributed by atoms with van der Waals surface area (Å²) in [6, 6.07) is 27.9. The maximum absolute atomic E-state index is 13.3. The minimum atomic E-state index is -0.217. The Morgan fingerprint density at radius 2 is 1.13 bits per heavy atom. The number of rotatable bonds is 6. The van der Waals surface area contributed by atoms with Gasteiger partial charge in [-0.1, -0.05) is 60.4 Å². The van der Waals surface area contributed by atoms with Gasteiger partial charge in [-0.05, 0) is 83.1 Å². The van der Waals surface area contributed by atoms with Crippen LogP contribution in [-0.2, 0) is 24.0 Å². The van der Waals surface area contributed by atoms with Gasteiger partial charge >= 0.3 is 0 Å². The van der Waals surface area contributed by atoms with Crippen LogP contribution in [0, 0.1) is 17.7 Å². The van der Waals surface area contributed by atoms with Crippen LogP contribution in [0.4, 0.5) is 4.39 Å². The summed E-state index contributed by atoms with van der Waals surface area (Å²) >= 11 is 0. The minimum Gasteiger partial charge on any atom is -0.384 e. The van der Waals surface area contributed by atoms with Crippen LogP contribution >= 0.6 is 0 Å². The highest BCUT2D eigenvalue weighted by Gasteiger charge is 1.99. The third-order valence-corrected chi connectivity index (χ3v) is 5.43. The average molecular weight is 409 g/mol. The van der Waals surface area contributed by atoms with Crippen molar-refractivity contribution in [1.82, 2.24) is 0 Å². The summed E-state index contributed by atoms with van der Waals surface area (Å²) in [6.45, 7) is 0.759. The minimum absolute atomic E-state index is 0.217. The monoisotopic (exact) mass is 408 g/mol. The maximum atomic E-state index is 13.3. The molecule has 4 aromatic rings. The van der Waals surface area contributed by atoms with Crippen LogP contribution in [0.3, 0.4) is 0 Å². The topological polar surface area (TPSA) is 9.23 Å². The number of hydrogen-bond acceptors (Lipinski definition) is 1. The third-order valence-electron chi connectivity index (χ3n) is 5.43. The summed E-state index contributed by atoms with van der Waals surface area (Å²) < 4.78 is 18.4. The highest BCUT2D eigenvalue weighted by atomic mass is 19.1. The van der Waals surface area contributed by atoms with E-state index < -0.39 is 0 Å². The normalized spacial score (nSPS) is 10.6. The molecule has 0 bridgehead atoms. The average Bonchev–Trinajstić information content (AvgIpc) is 2.81. The first kappa shape index (κ1) is 20.8. The molecule has 1 nitrogen and oxygen atoms in total. The second-order valence-electron chi connectivity index (χ2n) is 7.71. The fourth-order valence-electron chi connectivity index (χ4n) is 3.57. The summed E-state index contributed by atoms with van der Waals surface area (Å²) in [5, 5.41) is 1.88. The number of methoxy groups -OCH3 is 1. The van der Waals surface area contributed by atoms with E-state index in [9.17, 15) is 4.39 Å². The molecule has 0 aliphatic rings. The Labute approximate surface area is 183 Å². The molecule has 0 spiro atoms. The molecule has 0 atom stereocenters. The van der Waals surface area contributed by atoms with Gasteiger partial charge in [-0.3, -0.25) is 0 Å². The number of ether oxygens (including phenoxy) is 1. The van der Waals surface area contributed by atoms with Crippen molar-refractivity contribution in [1.29, 1.82) is 0 Å². The van der Waals surface area contributed by atoms with Crippen LogP contribution in [0.2, 0.25) is 0 Å². The van der Waals surface area contributed by atoms with Crippen LogP contribution in [0.15, 0.2) is 84.9 Å². The van der Waals surface area contributed by atoms with Crippen molar-refractivity contribution in [3.05, 3.63) is 119 Å². The summed E-state index contributed by atoms with van der Waals surface area (Å²) in [5.74, 6) is 6.22. The summed E-state index contributed by atoms with van der Waals surface area (Å²) in [4.78, 5) is 0. The molecule has 0 unspecified atom stereocenters. The Hall–Kier alpha value is -3.41. The molecule has 0 N–H and O–H groups in total. The second-order valence-corrected chi connectivity index (χ2v) is 7.71. The van der Waals surface area contributed by atoms with E-state index in [0.717, 1.165) is 47.8 Å². The van der Waals surface area contributed by atoms with Crippen LogP contribution in [0.5, 0.6) is 0 Å². The van der Waals surface area contributed by atoms with Crippen molar-refractivity contribution in [3.8, 4) is 11.8 Å². The molecular formula is C29H25FO. The number of hydrogen-bond donors (Lipinski definition) is 0. The van der Waals surface area contributed by atoms with Gasteiger partial charge in [0.25, 0.3) is 0 Å². The van der Waals surface area contributed by atoms with Gasteiger partial charge in [0.1, 0.15) is 5.82 Å². The second kappa shape index (κ2) is 10.1. The zero-order chi connectivity index (χ0) is 21.5. The lowest BCUT2D eigenvalue weighted by molar-refractivity contribution is 0.202. The van der Waals surface area contributed by atoms with Crippen LogP contribution in [-0.4, -0.2) is 13.7 Å². The maximum Gasteiger partial charge on any atom is 0.123 e. The van der Waals surface area contributed by atoms with Crippen molar-refractivity contribution in [3.63, 3.8) is 0 Å². The van der Waals surface area contributed by atoms with Gasteiger partial charge in [-0.15, -0.1) is 0 Å².